The highest BCUT2D eigenvalue weighted by Crippen LogP contribution is 2.09. The average Bonchev–Trinajstić information content (AvgIpc) is 1.59. The zero-order chi connectivity index (χ0) is 8.20. The van der Waals surface area contributed by atoms with Crippen molar-refractivity contribution in [3.8, 4) is 0 Å². The summed E-state index contributed by atoms with van der Waals surface area (Å²) in [6.07, 6.45) is -4.24. The van der Waals surface area contributed by atoms with E-state index in [4.69, 9.17) is 0 Å². The minimum atomic E-state index is -4.58. The van der Waals surface area contributed by atoms with E-state index in [2.05, 4.69) is 0 Å². The summed E-state index contributed by atoms with van der Waals surface area (Å²) >= 11 is 0. The van der Waals surface area contributed by atoms with Gasteiger partial charge >= 0.3 is 6.30 Å². The summed E-state index contributed by atoms with van der Waals surface area (Å²) in [6.45, 7) is 1.63. The summed E-state index contributed by atoms with van der Waals surface area (Å²) < 4.78 is 33.9. The van der Waals surface area contributed by atoms with E-state index < -0.39 is 12.2 Å². The molecule has 0 aromatic carbocycles. The Morgan fingerprint density at radius 2 is 2.00 bits per heavy atom. The summed E-state index contributed by atoms with van der Waals surface area (Å²) in [5.74, 6) is -0.977. The SMILES string of the molecule is CCCC(=O)NC(F)(F)F. The van der Waals surface area contributed by atoms with Crippen LogP contribution in [0.25, 0.3) is 0 Å². The number of carbonyl (C=O) groups is 1. The second-order valence-electron chi connectivity index (χ2n) is 1.80. The Labute approximate surface area is 56.4 Å². The van der Waals surface area contributed by atoms with Gasteiger partial charge in [0.15, 0.2) is 0 Å². The van der Waals surface area contributed by atoms with Crippen LogP contribution >= 0.6 is 0 Å². The lowest BCUT2D eigenvalue weighted by Crippen LogP contribution is -2.36. The molecule has 0 heterocycles. The Morgan fingerprint density at radius 3 is 2.30 bits per heavy atom. The van der Waals surface area contributed by atoms with Crippen LogP contribution in [0.5, 0.6) is 0 Å². The van der Waals surface area contributed by atoms with Crippen LogP contribution in [-0.4, -0.2) is 12.2 Å². The summed E-state index contributed by atoms with van der Waals surface area (Å²) in [7, 11) is 0. The van der Waals surface area contributed by atoms with Gasteiger partial charge in [0.25, 0.3) is 0 Å². The minimum absolute atomic E-state index is 0.0838. The van der Waals surface area contributed by atoms with Gasteiger partial charge < -0.3 is 0 Å². The van der Waals surface area contributed by atoms with Crippen molar-refractivity contribution in [2.45, 2.75) is 26.1 Å². The molecule has 10 heavy (non-hydrogen) atoms. The van der Waals surface area contributed by atoms with Crippen LogP contribution in [0.1, 0.15) is 19.8 Å². The normalized spacial score (nSPS) is 11.2. The quantitative estimate of drug-likeness (QED) is 0.600. The van der Waals surface area contributed by atoms with Crippen molar-refractivity contribution in [3.63, 3.8) is 0 Å². The van der Waals surface area contributed by atoms with E-state index in [0.29, 0.717) is 6.42 Å². The Hall–Kier alpha value is -0.740. The van der Waals surface area contributed by atoms with E-state index in [9.17, 15) is 18.0 Å². The van der Waals surface area contributed by atoms with Crippen molar-refractivity contribution in [2.75, 3.05) is 0 Å². The van der Waals surface area contributed by atoms with Gasteiger partial charge in [-0.2, -0.15) is 13.2 Å². The van der Waals surface area contributed by atoms with E-state index in [-0.39, 0.29) is 6.42 Å². The van der Waals surface area contributed by atoms with Gasteiger partial charge in [-0.15, -0.1) is 0 Å². The van der Waals surface area contributed by atoms with Gasteiger partial charge in [-0.25, -0.2) is 0 Å². The fourth-order valence-corrected chi connectivity index (χ4v) is 0.448. The molecular weight excluding hydrogens is 147 g/mol. The average molecular weight is 155 g/mol. The van der Waals surface area contributed by atoms with Crippen molar-refractivity contribution >= 4 is 5.91 Å². The van der Waals surface area contributed by atoms with Crippen molar-refractivity contribution in [1.29, 1.82) is 0 Å². The van der Waals surface area contributed by atoms with Crippen LogP contribution in [0.2, 0.25) is 0 Å². The molecule has 0 saturated carbocycles. The Morgan fingerprint density at radius 1 is 1.50 bits per heavy atom. The molecule has 5 heteroatoms. The summed E-state index contributed by atoms with van der Waals surface area (Å²) in [5.41, 5.74) is 0. The molecule has 0 aliphatic rings. The molecule has 2 nitrogen and oxygen atoms in total. The van der Waals surface area contributed by atoms with Gasteiger partial charge in [-0.05, 0) is 6.42 Å². The zero-order valence-electron chi connectivity index (χ0n) is 5.46. The van der Waals surface area contributed by atoms with Crippen LogP contribution < -0.4 is 5.32 Å². The first-order valence-electron chi connectivity index (χ1n) is 2.83. The van der Waals surface area contributed by atoms with Crippen LogP contribution in [0, 0.1) is 0 Å². The maximum Gasteiger partial charge on any atom is 0.484 e. The van der Waals surface area contributed by atoms with Crippen LogP contribution in [0.3, 0.4) is 0 Å². The predicted octanol–water partition coefficient (Wildman–Crippen LogP) is 1.42. The van der Waals surface area contributed by atoms with E-state index in [0.717, 1.165) is 5.32 Å². The van der Waals surface area contributed by atoms with Crippen LogP contribution in [0.15, 0.2) is 0 Å². The Balaban J connectivity index is 3.58. The summed E-state index contributed by atoms with van der Waals surface area (Å²) in [4.78, 5) is 10.2. The maximum atomic E-state index is 11.3. The smallest absolute Gasteiger partial charge is 0.275 e. The number of carbonyl (C=O) groups excluding carboxylic acids is 1. The molecular formula is C5H8F3NO. The molecule has 0 bridgehead atoms. The molecule has 1 amide bonds. The number of rotatable bonds is 2. The molecule has 0 rings (SSSR count). The predicted molar refractivity (Wildman–Crippen MR) is 29.1 cm³/mol. The van der Waals surface area contributed by atoms with Gasteiger partial charge in [0, 0.05) is 6.42 Å². The topological polar surface area (TPSA) is 29.1 Å². The monoisotopic (exact) mass is 155 g/mol. The fraction of sp³-hybridized carbons (Fsp3) is 0.800. The molecule has 0 aromatic rings. The summed E-state index contributed by atoms with van der Waals surface area (Å²) in [6, 6.07) is 0. The zero-order valence-corrected chi connectivity index (χ0v) is 5.46. The Kier molecular flexibility index (Phi) is 3.18. The number of hydrogen-bond acceptors (Lipinski definition) is 1. The van der Waals surface area contributed by atoms with E-state index >= 15 is 0 Å². The highest BCUT2D eigenvalue weighted by atomic mass is 19.4. The van der Waals surface area contributed by atoms with Crippen molar-refractivity contribution in [3.05, 3.63) is 0 Å². The molecule has 1 N–H and O–H groups in total. The number of halogens is 3. The van der Waals surface area contributed by atoms with Gasteiger partial charge in [0.05, 0.1) is 0 Å². The van der Waals surface area contributed by atoms with Gasteiger partial charge in [0.1, 0.15) is 0 Å². The number of hydrogen-bond donors (Lipinski definition) is 1. The molecule has 0 aliphatic carbocycles. The largest absolute Gasteiger partial charge is 0.484 e. The van der Waals surface area contributed by atoms with E-state index in [1.165, 1.54) is 0 Å². The molecule has 0 spiro atoms. The van der Waals surface area contributed by atoms with Gasteiger partial charge in [0.2, 0.25) is 5.91 Å². The van der Waals surface area contributed by atoms with Gasteiger partial charge in [-0.3, -0.25) is 10.1 Å². The lowest BCUT2D eigenvalue weighted by molar-refractivity contribution is -0.169. The van der Waals surface area contributed by atoms with Crippen molar-refractivity contribution in [2.24, 2.45) is 0 Å². The molecule has 0 aromatic heterocycles. The first-order valence-corrected chi connectivity index (χ1v) is 2.83. The van der Waals surface area contributed by atoms with Crippen LogP contribution in [-0.2, 0) is 4.79 Å². The minimum Gasteiger partial charge on any atom is -0.275 e. The first-order chi connectivity index (χ1) is 4.45. The highest BCUT2D eigenvalue weighted by molar-refractivity contribution is 5.76. The number of nitrogens with one attached hydrogen (secondary N) is 1. The lowest BCUT2D eigenvalue weighted by atomic mass is 10.3. The molecule has 0 saturated heterocycles. The standard InChI is InChI=1S/C5H8F3NO/c1-2-3-4(10)9-5(6,7)8/h2-3H2,1H3,(H,9,10). The van der Waals surface area contributed by atoms with E-state index in [1.54, 1.807) is 6.92 Å². The summed E-state index contributed by atoms with van der Waals surface area (Å²) in [5, 5.41) is 0.881. The third-order valence-electron chi connectivity index (χ3n) is 0.758. The molecule has 0 radical (unpaired) electrons. The number of amides is 1. The lowest BCUT2D eigenvalue weighted by Gasteiger charge is -2.06. The van der Waals surface area contributed by atoms with Crippen LogP contribution in [0.4, 0.5) is 13.2 Å². The molecule has 0 aliphatic heterocycles. The highest BCUT2D eigenvalue weighted by Gasteiger charge is 2.29. The van der Waals surface area contributed by atoms with Crippen molar-refractivity contribution in [1.82, 2.24) is 5.32 Å². The number of alkyl halides is 3. The van der Waals surface area contributed by atoms with E-state index in [1.807, 2.05) is 0 Å². The van der Waals surface area contributed by atoms with Crippen molar-refractivity contribution < 1.29 is 18.0 Å². The second kappa shape index (κ2) is 3.43. The third-order valence-corrected chi connectivity index (χ3v) is 0.758. The molecule has 60 valence electrons. The van der Waals surface area contributed by atoms with Gasteiger partial charge in [-0.1, -0.05) is 6.92 Å². The third kappa shape index (κ3) is 5.40. The second-order valence-corrected chi connectivity index (χ2v) is 1.80. The Bertz CT molecular complexity index is 121. The molecule has 0 fully saturated rings. The molecule has 0 atom stereocenters. The fourth-order valence-electron chi connectivity index (χ4n) is 0.448. The first kappa shape index (κ1) is 9.26. The maximum absolute atomic E-state index is 11.3. The molecule has 0 unspecified atom stereocenters.